The van der Waals surface area contributed by atoms with Crippen molar-refractivity contribution in [3.05, 3.63) is 35.4 Å². The first-order valence-corrected chi connectivity index (χ1v) is 8.05. The standard InChI is InChI=1S/C18H24N2O/c1-2-20-10-5-8-18(21,9-11-20)17(14-19)12-15-6-3-4-7-16(15)13-17/h3-4,6-7,21H,2,5,8-13H2,1H3. The number of likely N-dealkylation sites (tertiary alicyclic amines) is 1. The molecule has 1 aromatic rings. The lowest BCUT2D eigenvalue weighted by Crippen LogP contribution is -2.49. The highest BCUT2D eigenvalue weighted by atomic mass is 16.3. The maximum atomic E-state index is 11.3. The number of aliphatic hydroxyl groups is 1. The van der Waals surface area contributed by atoms with Crippen LogP contribution in [0.4, 0.5) is 0 Å². The maximum Gasteiger partial charge on any atom is 0.0940 e. The number of benzene rings is 1. The van der Waals surface area contributed by atoms with Crippen LogP contribution in [0.2, 0.25) is 0 Å². The molecule has 1 aliphatic heterocycles. The van der Waals surface area contributed by atoms with E-state index in [2.05, 4.69) is 30.0 Å². The second-order valence-electron chi connectivity index (χ2n) is 6.64. The van der Waals surface area contributed by atoms with Crippen LogP contribution in [0.25, 0.3) is 0 Å². The molecular weight excluding hydrogens is 260 g/mol. The lowest BCUT2D eigenvalue weighted by molar-refractivity contribution is -0.0624. The molecule has 0 spiro atoms. The molecule has 0 aromatic heterocycles. The zero-order valence-electron chi connectivity index (χ0n) is 12.8. The van der Waals surface area contributed by atoms with Crippen LogP contribution in [0.1, 0.15) is 37.3 Å². The average molecular weight is 284 g/mol. The Hall–Kier alpha value is -1.37. The van der Waals surface area contributed by atoms with Gasteiger partial charge in [-0.15, -0.1) is 0 Å². The van der Waals surface area contributed by atoms with E-state index in [9.17, 15) is 10.4 Å². The van der Waals surface area contributed by atoms with Crippen LogP contribution < -0.4 is 0 Å². The fourth-order valence-corrected chi connectivity index (χ4v) is 4.10. The van der Waals surface area contributed by atoms with Gasteiger partial charge in [0.2, 0.25) is 0 Å². The van der Waals surface area contributed by atoms with Crippen LogP contribution in [-0.2, 0) is 12.8 Å². The largest absolute Gasteiger partial charge is 0.388 e. The predicted molar refractivity (Wildman–Crippen MR) is 82.8 cm³/mol. The number of nitriles is 1. The van der Waals surface area contributed by atoms with Gasteiger partial charge in [0, 0.05) is 6.54 Å². The van der Waals surface area contributed by atoms with Gasteiger partial charge in [-0.3, -0.25) is 0 Å². The van der Waals surface area contributed by atoms with Gasteiger partial charge in [0.25, 0.3) is 0 Å². The van der Waals surface area contributed by atoms with Gasteiger partial charge in [-0.25, -0.2) is 0 Å². The molecule has 1 aromatic carbocycles. The average Bonchev–Trinajstić information content (AvgIpc) is 2.80. The van der Waals surface area contributed by atoms with Crippen molar-refractivity contribution >= 4 is 0 Å². The van der Waals surface area contributed by atoms with E-state index >= 15 is 0 Å². The molecule has 0 saturated carbocycles. The van der Waals surface area contributed by atoms with Crippen LogP contribution in [0.5, 0.6) is 0 Å². The minimum absolute atomic E-state index is 0.638. The van der Waals surface area contributed by atoms with Crippen LogP contribution >= 0.6 is 0 Å². The third-order valence-corrected chi connectivity index (χ3v) is 5.56. The van der Waals surface area contributed by atoms with E-state index in [4.69, 9.17) is 0 Å². The van der Waals surface area contributed by atoms with Gasteiger partial charge in [0.1, 0.15) is 0 Å². The number of rotatable bonds is 2. The van der Waals surface area contributed by atoms with Crippen molar-refractivity contribution in [3.63, 3.8) is 0 Å². The van der Waals surface area contributed by atoms with Gasteiger partial charge in [0.05, 0.1) is 17.1 Å². The molecule has 21 heavy (non-hydrogen) atoms. The SMILES string of the molecule is CCN1CCCC(O)(C2(C#N)Cc3ccccc3C2)CC1. The van der Waals surface area contributed by atoms with Crippen molar-refractivity contribution < 1.29 is 5.11 Å². The van der Waals surface area contributed by atoms with Crippen molar-refractivity contribution in [1.82, 2.24) is 4.90 Å². The molecule has 1 aliphatic carbocycles. The summed E-state index contributed by atoms with van der Waals surface area (Å²) in [7, 11) is 0. The van der Waals surface area contributed by atoms with Crippen LogP contribution in [-0.4, -0.2) is 35.2 Å². The zero-order valence-corrected chi connectivity index (χ0v) is 12.8. The Morgan fingerprint density at radius 1 is 1.19 bits per heavy atom. The molecule has 1 N–H and O–H groups in total. The Morgan fingerprint density at radius 2 is 1.86 bits per heavy atom. The second-order valence-corrected chi connectivity index (χ2v) is 6.64. The normalized spacial score (nSPS) is 28.6. The van der Waals surface area contributed by atoms with Crippen LogP contribution in [0.3, 0.4) is 0 Å². The molecule has 0 amide bonds. The molecule has 1 unspecified atom stereocenters. The van der Waals surface area contributed by atoms with Gasteiger partial charge in [-0.2, -0.15) is 5.26 Å². The zero-order chi connectivity index (χ0) is 14.9. The number of nitrogens with zero attached hydrogens (tertiary/aromatic N) is 2. The number of hydrogen-bond donors (Lipinski definition) is 1. The molecule has 0 bridgehead atoms. The highest BCUT2D eigenvalue weighted by molar-refractivity contribution is 5.39. The molecule has 1 atom stereocenters. The highest BCUT2D eigenvalue weighted by Gasteiger charge is 2.53. The Kier molecular flexibility index (Phi) is 3.77. The first kappa shape index (κ1) is 14.6. The summed E-state index contributed by atoms with van der Waals surface area (Å²) in [5.74, 6) is 0. The first-order chi connectivity index (χ1) is 10.1. The van der Waals surface area contributed by atoms with E-state index < -0.39 is 11.0 Å². The molecule has 1 fully saturated rings. The first-order valence-electron chi connectivity index (χ1n) is 8.05. The highest BCUT2D eigenvalue weighted by Crippen LogP contribution is 2.48. The van der Waals surface area contributed by atoms with E-state index in [0.717, 1.165) is 32.5 Å². The minimum Gasteiger partial charge on any atom is -0.388 e. The van der Waals surface area contributed by atoms with Crippen molar-refractivity contribution in [2.75, 3.05) is 19.6 Å². The topological polar surface area (TPSA) is 47.3 Å². The molecule has 3 nitrogen and oxygen atoms in total. The predicted octanol–water partition coefficient (Wildman–Crippen LogP) is 2.53. The van der Waals surface area contributed by atoms with Crippen molar-refractivity contribution in [2.45, 2.75) is 44.6 Å². The molecule has 3 rings (SSSR count). The van der Waals surface area contributed by atoms with E-state index in [0.29, 0.717) is 19.3 Å². The fraction of sp³-hybridized carbons (Fsp3) is 0.611. The molecule has 112 valence electrons. The Morgan fingerprint density at radius 3 is 2.43 bits per heavy atom. The summed E-state index contributed by atoms with van der Waals surface area (Å²) in [6.45, 7) is 5.12. The summed E-state index contributed by atoms with van der Waals surface area (Å²) in [6, 6.07) is 10.8. The number of fused-ring (bicyclic) bond motifs is 1. The van der Waals surface area contributed by atoms with Crippen LogP contribution in [0.15, 0.2) is 24.3 Å². The molecule has 1 heterocycles. The molecular formula is C18H24N2O. The van der Waals surface area contributed by atoms with Gasteiger partial charge < -0.3 is 10.0 Å². The van der Waals surface area contributed by atoms with Gasteiger partial charge in [-0.1, -0.05) is 31.2 Å². The minimum atomic E-state index is -0.856. The summed E-state index contributed by atoms with van der Waals surface area (Å²) in [5, 5.41) is 21.2. The summed E-state index contributed by atoms with van der Waals surface area (Å²) < 4.78 is 0. The third-order valence-electron chi connectivity index (χ3n) is 5.56. The summed E-state index contributed by atoms with van der Waals surface area (Å²) in [5.41, 5.74) is 0.985. The summed E-state index contributed by atoms with van der Waals surface area (Å²) in [6.07, 6.45) is 3.82. The van der Waals surface area contributed by atoms with E-state index in [1.54, 1.807) is 0 Å². The smallest absolute Gasteiger partial charge is 0.0940 e. The van der Waals surface area contributed by atoms with E-state index in [1.807, 2.05) is 12.1 Å². The van der Waals surface area contributed by atoms with Gasteiger partial charge in [-0.05, 0) is 56.3 Å². The number of hydrogen-bond acceptors (Lipinski definition) is 3. The van der Waals surface area contributed by atoms with E-state index in [1.165, 1.54) is 11.1 Å². The molecule has 1 saturated heterocycles. The Balaban J connectivity index is 1.89. The molecule has 3 heteroatoms. The molecule has 0 radical (unpaired) electrons. The lowest BCUT2D eigenvalue weighted by Gasteiger charge is -2.40. The summed E-state index contributed by atoms with van der Waals surface area (Å²) in [4.78, 5) is 2.38. The quantitative estimate of drug-likeness (QED) is 0.908. The Labute approximate surface area is 127 Å². The lowest BCUT2D eigenvalue weighted by atomic mass is 9.67. The Bertz CT molecular complexity index is 538. The maximum absolute atomic E-state index is 11.3. The van der Waals surface area contributed by atoms with Gasteiger partial charge >= 0.3 is 0 Å². The fourth-order valence-electron chi connectivity index (χ4n) is 4.10. The van der Waals surface area contributed by atoms with Crippen molar-refractivity contribution in [2.24, 2.45) is 5.41 Å². The van der Waals surface area contributed by atoms with Crippen LogP contribution in [0, 0.1) is 16.7 Å². The molecule has 2 aliphatic rings. The van der Waals surface area contributed by atoms with Crippen molar-refractivity contribution in [1.29, 1.82) is 5.26 Å². The third kappa shape index (κ3) is 2.37. The van der Waals surface area contributed by atoms with Crippen molar-refractivity contribution in [3.8, 4) is 6.07 Å². The monoisotopic (exact) mass is 284 g/mol. The second kappa shape index (κ2) is 5.44. The van der Waals surface area contributed by atoms with Gasteiger partial charge in [0.15, 0.2) is 0 Å². The van der Waals surface area contributed by atoms with E-state index in [-0.39, 0.29) is 0 Å². The summed E-state index contributed by atoms with van der Waals surface area (Å²) >= 11 is 0.